The maximum atomic E-state index is 12.2. The average molecular weight is 263 g/mol. The average Bonchev–Trinajstić information content (AvgIpc) is 2.85. The number of hydrogen-bond acceptors (Lipinski definition) is 5. The highest BCUT2D eigenvalue weighted by atomic mass is 32.1. The molecule has 2 aromatic heterocycles. The van der Waals surface area contributed by atoms with E-state index in [0.717, 1.165) is 0 Å². The molecule has 2 N–H and O–H groups in total. The summed E-state index contributed by atoms with van der Waals surface area (Å²) in [6, 6.07) is -0.265. The van der Waals surface area contributed by atoms with Crippen LogP contribution in [0.2, 0.25) is 0 Å². The third-order valence-electron chi connectivity index (χ3n) is 1.95. The van der Waals surface area contributed by atoms with Crippen LogP contribution in [0.15, 0.2) is 12.4 Å². The van der Waals surface area contributed by atoms with Gasteiger partial charge in [-0.05, 0) is 6.92 Å². The van der Waals surface area contributed by atoms with Gasteiger partial charge in [-0.15, -0.1) is 0 Å². The molecule has 17 heavy (non-hydrogen) atoms. The number of nitrogens with zero attached hydrogens (tertiary/aromatic N) is 3. The zero-order valence-electron chi connectivity index (χ0n) is 8.62. The summed E-state index contributed by atoms with van der Waals surface area (Å²) in [4.78, 5) is 10.2. The van der Waals surface area contributed by atoms with Gasteiger partial charge < -0.3 is 10.3 Å². The lowest BCUT2D eigenvalue weighted by molar-refractivity contribution is -0.144. The minimum absolute atomic E-state index is 0.112. The maximum absolute atomic E-state index is 12.2. The van der Waals surface area contributed by atoms with Crippen molar-refractivity contribution in [3.63, 3.8) is 0 Å². The van der Waals surface area contributed by atoms with Gasteiger partial charge in [0.1, 0.15) is 5.82 Å². The van der Waals surface area contributed by atoms with E-state index >= 15 is 0 Å². The molecular weight excluding hydrogens is 255 g/mol. The summed E-state index contributed by atoms with van der Waals surface area (Å²) in [5.41, 5.74) is 0. The van der Waals surface area contributed by atoms with Gasteiger partial charge in [0.15, 0.2) is 0 Å². The van der Waals surface area contributed by atoms with Crippen molar-refractivity contribution in [2.75, 3.05) is 5.32 Å². The van der Waals surface area contributed by atoms with E-state index in [1.807, 2.05) is 0 Å². The molecule has 0 spiro atoms. The molecule has 2 rings (SSSR count). The van der Waals surface area contributed by atoms with E-state index in [4.69, 9.17) is 0 Å². The van der Waals surface area contributed by atoms with Gasteiger partial charge in [-0.1, -0.05) is 0 Å². The van der Waals surface area contributed by atoms with Crippen LogP contribution < -0.4 is 5.32 Å². The van der Waals surface area contributed by atoms with E-state index in [1.165, 1.54) is 0 Å². The van der Waals surface area contributed by atoms with E-state index in [1.54, 1.807) is 19.3 Å². The molecule has 0 aliphatic carbocycles. The van der Waals surface area contributed by atoms with Crippen molar-refractivity contribution in [2.24, 2.45) is 0 Å². The Hall–Kier alpha value is -1.64. The monoisotopic (exact) mass is 263 g/mol. The molecule has 0 saturated heterocycles. The molecule has 0 amide bonds. The lowest BCUT2D eigenvalue weighted by Crippen LogP contribution is -2.10. The zero-order chi connectivity index (χ0) is 12.5. The number of halogens is 3. The Morgan fingerprint density at radius 3 is 2.76 bits per heavy atom. The molecule has 0 aliphatic heterocycles. The molecule has 5 nitrogen and oxygen atoms in total. The summed E-state index contributed by atoms with van der Waals surface area (Å²) in [5.74, 6) is -0.509. The third kappa shape index (κ3) is 2.73. The van der Waals surface area contributed by atoms with Gasteiger partial charge in [-0.3, -0.25) is 0 Å². The molecular formula is C8H8F3N5S. The second-order valence-corrected chi connectivity index (χ2v) is 4.01. The van der Waals surface area contributed by atoms with Gasteiger partial charge in [-0.2, -0.15) is 22.5 Å². The van der Waals surface area contributed by atoms with Crippen LogP contribution in [0, 0.1) is 0 Å². The fourth-order valence-electron chi connectivity index (χ4n) is 1.17. The molecule has 9 heteroatoms. The molecule has 1 unspecified atom stereocenters. The summed E-state index contributed by atoms with van der Waals surface area (Å²) in [5, 5.41) is 2.90. The molecule has 0 fully saturated rings. The number of anilines is 1. The minimum Gasteiger partial charge on any atom is -0.351 e. The lowest BCUT2D eigenvalue weighted by atomic mass is 10.3. The first-order chi connectivity index (χ1) is 7.97. The largest absolute Gasteiger partial charge is 0.452 e. The summed E-state index contributed by atoms with van der Waals surface area (Å²) in [6.45, 7) is 1.76. The van der Waals surface area contributed by atoms with Crippen LogP contribution in [0.25, 0.3) is 0 Å². The highest BCUT2D eigenvalue weighted by molar-refractivity contribution is 7.09. The number of imidazole rings is 1. The Bertz CT molecular complexity index is 478. The highest BCUT2D eigenvalue weighted by Gasteiger charge is 2.36. The summed E-state index contributed by atoms with van der Waals surface area (Å²) in [7, 11) is 0. The fourth-order valence-corrected chi connectivity index (χ4v) is 1.84. The van der Waals surface area contributed by atoms with Crippen molar-refractivity contribution in [3.05, 3.63) is 24.0 Å². The molecule has 2 heterocycles. The number of nitrogens with one attached hydrogen (secondary N) is 2. The van der Waals surface area contributed by atoms with Gasteiger partial charge >= 0.3 is 6.18 Å². The second kappa shape index (κ2) is 4.32. The van der Waals surface area contributed by atoms with Crippen molar-refractivity contribution < 1.29 is 13.2 Å². The molecule has 92 valence electrons. The van der Waals surface area contributed by atoms with Crippen LogP contribution in [-0.2, 0) is 6.18 Å². The zero-order valence-corrected chi connectivity index (χ0v) is 9.43. The fraction of sp³-hybridized carbons (Fsp3) is 0.375. The molecule has 0 bridgehead atoms. The Morgan fingerprint density at radius 2 is 2.24 bits per heavy atom. The molecule has 0 saturated carbocycles. The molecule has 0 aromatic carbocycles. The van der Waals surface area contributed by atoms with Crippen molar-refractivity contribution in [2.45, 2.75) is 19.1 Å². The summed E-state index contributed by atoms with van der Waals surface area (Å²) in [6.07, 6.45) is -1.31. The molecule has 2 aromatic rings. The smallest absolute Gasteiger partial charge is 0.351 e. The summed E-state index contributed by atoms with van der Waals surface area (Å²) >= 11 is 0.668. The Morgan fingerprint density at radius 1 is 1.47 bits per heavy atom. The first kappa shape index (κ1) is 11.8. The van der Waals surface area contributed by atoms with E-state index < -0.39 is 12.0 Å². The Balaban J connectivity index is 2.07. The number of rotatable bonds is 3. The van der Waals surface area contributed by atoms with E-state index in [2.05, 4.69) is 24.6 Å². The second-order valence-electron chi connectivity index (χ2n) is 3.26. The number of aromatic nitrogens is 4. The number of aromatic amines is 1. The summed E-state index contributed by atoms with van der Waals surface area (Å²) < 4.78 is 40.0. The first-order valence-corrected chi connectivity index (χ1v) is 5.41. The molecule has 1 atom stereocenters. The standard InChI is InChI=1S/C8H8F3N5S/c1-4(5-12-2-3-13-5)14-7-15-6(16-17-7)8(9,10)11/h2-4H,1H3,(H,12,13)(H,14,15,16). The lowest BCUT2D eigenvalue weighted by Gasteiger charge is -2.08. The number of alkyl halides is 3. The van der Waals surface area contributed by atoms with Crippen molar-refractivity contribution in [1.82, 2.24) is 19.3 Å². The van der Waals surface area contributed by atoms with Crippen LogP contribution in [0.1, 0.15) is 24.6 Å². The van der Waals surface area contributed by atoms with Gasteiger partial charge in [-0.25, -0.2) is 4.98 Å². The van der Waals surface area contributed by atoms with Crippen molar-refractivity contribution in [3.8, 4) is 0 Å². The first-order valence-electron chi connectivity index (χ1n) is 4.63. The highest BCUT2D eigenvalue weighted by Crippen LogP contribution is 2.29. The maximum Gasteiger partial charge on any atom is 0.452 e. The van der Waals surface area contributed by atoms with Crippen LogP contribution in [-0.4, -0.2) is 19.3 Å². The Kier molecular flexibility index (Phi) is 3.01. The SMILES string of the molecule is CC(Nc1nc(C(F)(F)F)ns1)c1ncc[nH]1. The van der Waals surface area contributed by atoms with Gasteiger partial charge in [0.05, 0.1) is 6.04 Å². The van der Waals surface area contributed by atoms with Gasteiger partial charge in [0.25, 0.3) is 0 Å². The number of H-pyrrole nitrogens is 1. The minimum atomic E-state index is -4.51. The van der Waals surface area contributed by atoms with Crippen LogP contribution in [0.5, 0.6) is 0 Å². The molecule has 0 radical (unpaired) electrons. The van der Waals surface area contributed by atoms with E-state index in [9.17, 15) is 13.2 Å². The van der Waals surface area contributed by atoms with Gasteiger partial charge in [0.2, 0.25) is 11.0 Å². The third-order valence-corrected chi connectivity index (χ3v) is 2.60. The quantitative estimate of drug-likeness (QED) is 0.892. The predicted octanol–water partition coefficient (Wildman–Crippen LogP) is 2.45. The van der Waals surface area contributed by atoms with Crippen LogP contribution in [0.3, 0.4) is 0 Å². The molecule has 0 aliphatic rings. The van der Waals surface area contributed by atoms with Crippen molar-refractivity contribution in [1.29, 1.82) is 0 Å². The topological polar surface area (TPSA) is 66.5 Å². The normalized spacial score (nSPS) is 13.6. The number of hydrogen-bond donors (Lipinski definition) is 2. The van der Waals surface area contributed by atoms with Crippen molar-refractivity contribution >= 4 is 16.7 Å². The van der Waals surface area contributed by atoms with Crippen LogP contribution >= 0.6 is 11.5 Å². The van der Waals surface area contributed by atoms with Gasteiger partial charge in [0, 0.05) is 23.9 Å². The Labute approximate surface area is 98.3 Å². The predicted molar refractivity (Wildman–Crippen MR) is 55.5 cm³/mol. The van der Waals surface area contributed by atoms with Crippen LogP contribution in [0.4, 0.5) is 18.3 Å². The van der Waals surface area contributed by atoms with E-state index in [0.29, 0.717) is 17.4 Å². The van der Waals surface area contributed by atoms with E-state index in [-0.39, 0.29) is 11.2 Å².